The van der Waals surface area contributed by atoms with Gasteiger partial charge in [0.05, 0.1) is 18.1 Å². The van der Waals surface area contributed by atoms with Crippen LogP contribution in [0.3, 0.4) is 0 Å². The summed E-state index contributed by atoms with van der Waals surface area (Å²) in [5.74, 6) is -0.858. The van der Waals surface area contributed by atoms with E-state index in [1.54, 1.807) is 4.90 Å². The number of rotatable bonds is 4. The Bertz CT molecular complexity index is 362. The van der Waals surface area contributed by atoms with Crippen LogP contribution in [-0.2, 0) is 14.3 Å². The maximum Gasteiger partial charge on any atom is 0.303 e. The van der Waals surface area contributed by atoms with Crippen LogP contribution in [-0.4, -0.2) is 46.7 Å². The van der Waals surface area contributed by atoms with E-state index < -0.39 is 11.4 Å². The fraction of sp³-hybridized carbons (Fsp3) is 0.857. The summed E-state index contributed by atoms with van der Waals surface area (Å²) in [6.45, 7) is 10.6. The summed E-state index contributed by atoms with van der Waals surface area (Å²) in [5, 5.41) is 8.85. The molecule has 110 valence electrons. The van der Waals surface area contributed by atoms with Crippen molar-refractivity contribution in [3.05, 3.63) is 0 Å². The van der Waals surface area contributed by atoms with Crippen LogP contribution < -0.4 is 0 Å². The van der Waals surface area contributed by atoms with Gasteiger partial charge in [-0.1, -0.05) is 13.8 Å². The average Bonchev–Trinajstić information content (AvgIpc) is 2.10. The average molecular weight is 271 g/mol. The molecule has 1 fully saturated rings. The number of ether oxygens (including phenoxy) is 1. The highest BCUT2D eigenvalue weighted by molar-refractivity contribution is 5.78. The van der Waals surface area contributed by atoms with E-state index in [-0.39, 0.29) is 30.5 Å². The predicted molar refractivity (Wildman–Crippen MR) is 71.9 cm³/mol. The van der Waals surface area contributed by atoms with Crippen molar-refractivity contribution >= 4 is 11.9 Å². The predicted octanol–water partition coefficient (Wildman–Crippen LogP) is 1.90. The van der Waals surface area contributed by atoms with Crippen molar-refractivity contribution in [3.63, 3.8) is 0 Å². The zero-order valence-electron chi connectivity index (χ0n) is 12.5. The molecule has 1 aliphatic rings. The topological polar surface area (TPSA) is 66.8 Å². The van der Waals surface area contributed by atoms with Crippen LogP contribution in [0.15, 0.2) is 0 Å². The minimum Gasteiger partial charge on any atom is -0.481 e. The molecule has 0 aliphatic carbocycles. The second-order valence-electron chi connectivity index (χ2n) is 6.87. The van der Waals surface area contributed by atoms with Gasteiger partial charge in [-0.15, -0.1) is 0 Å². The third-order valence-electron chi connectivity index (χ3n) is 3.18. The van der Waals surface area contributed by atoms with E-state index in [0.717, 1.165) is 0 Å². The van der Waals surface area contributed by atoms with Crippen LogP contribution in [0.25, 0.3) is 0 Å². The summed E-state index contributed by atoms with van der Waals surface area (Å²) in [4.78, 5) is 24.9. The molecular formula is C14H25NO4. The molecule has 1 saturated heterocycles. The van der Waals surface area contributed by atoms with Gasteiger partial charge in [-0.05, 0) is 26.2 Å². The largest absolute Gasteiger partial charge is 0.481 e. The maximum absolute atomic E-state index is 12.3. The molecule has 0 saturated carbocycles. The van der Waals surface area contributed by atoms with Crippen LogP contribution in [0.5, 0.6) is 0 Å². The van der Waals surface area contributed by atoms with Gasteiger partial charge >= 0.3 is 5.97 Å². The quantitative estimate of drug-likeness (QED) is 0.848. The van der Waals surface area contributed by atoms with Gasteiger partial charge in [0.1, 0.15) is 0 Å². The highest BCUT2D eigenvalue weighted by atomic mass is 16.5. The number of hydrogen-bond acceptors (Lipinski definition) is 3. The number of hydrogen-bond donors (Lipinski definition) is 1. The molecule has 5 heteroatoms. The van der Waals surface area contributed by atoms with Gasteiger partial charge in [-0.3, -0.25) is 9.59 Å². The molecule has 0 unspecified atom stereocenters. The molecule has 0 bridgehead atoms. The van der Waals surface area contributed by atoms with Crippen molar-refractivity contribution in [2.24, 2.45) is 5.41 Å². The lowest BCUT2D eigenvalue weighted by atomic mass is 9.85. The number of carbonyl (C=O) groups is 2. The molecular weight excluding hydrogens is 246 g/mol. The number of morpholine rings is 1. The summed E-state index contributed by atoms with van der Waals surface area (Å²) < 4.78 is 5.76. The number of aliphatic carboxylic acids is 1. The molecule has 0 radical (unpaired) electrons. The Morgan fingerprint density at radius 1 is 1.37 bits per heavy atom. The van der Waals surface area contributed by atoms with Gasteiger partial charge < -0.3 is 14.7 Å². The normalized spacial score (nSPS) is 23.2. The molecule has 0 aromatic heterocycles. The lowest BCUT2D eigenvalue weighted by Gasteiger charge is -2.42. The van der Waals surface area contributed by atoms with E-state index in [9.17, 15) is 9.59 Å². The second-order valence-corrected chi connectivity index (χ2v) is 6.87. The SMILES string of the molecule is C[C@@H]1CN(C(=O)CC(C)(C)CC(=O)O)CC(C)(C)O1. The van der Waals surface area contributed by atoms with Crippen molar-refractivity contribution in [2.45, 2.75) is 59.2 Å². The molecule has 5 nitrogen and oxygen atoms in total. The van der Waals surface area contributed by atoms with Crippen LogP contribution in [0.2, 0.25) is 0 Å². The molecule has 1 atom stereocenters. The molecule has 1 amide bonds. The highest BCUT2D eigenvalue weighted by Crippen LogP contribution is 2.28. The Balaban J connectivity index is 2.65. The smallest absolute Gasteiger partial charge is 0.303 e. The first-order valence-corrected chi connectivity index (χ1v) is 6.68. The van der Waals surface area contributed by atoms with Gasteiger partial charge in [-0.25, -0.2) is 0 Å². The van der Waals surface area contributed by atoms with Crippen molar-refractivity contribution in [1.29, 1.82) is 0 Å². The first-order valence-electron chi connectivity index (χ1n) is 6.68. The van der Waals surface area contributed by atoms with Crippen molar-refractivity contribution in [2.75, 3.05) is 13.1 Å². The molecule has 1 aliphatic heterocycles. The zero-order valence-corrected chi connectivity index (χ0v) is 12.5. The van der Waals surface area contributed by atoms with Gasteiger partial charge in [0.15, 0.2) is 0 Å². The van der Waals surface area contributed by atoms with Gasteiger partial charge in [0, 0.05) is 19.5 Å². The summed E-state index contributed by atoms with van der Waals surface area (Å²) in [6, 6.07) is 0. The summed E-state index contributed by atoms with van der Waals surface area (Å²) in [6.07, 6.45) is 0.264. The van der Waals surface area contributed by atoms with E-state index in [1.165, 1.54) is 0 Å². The van der Waals surface area contributed by atoms with E-state index in [1.807, 2.05) is 34.6 Å². The molecule has 0 aromatic rings. The molecule has 1 N–H and O–H groups in total. The number of amides is 1. The third-order valence-corrected chi connectivity index (χ3v) is 3.18. The fourth-order valence-corrected chi connectivity index (χ4v) is 2.64. The Labute approximate surface area is 114 Å². The summed E-state index contributed by atoms with van der Waals surface area (Å²) in [7, 11) is 0. The van der Waals surface area contributed by atoms with Crippen molar-refractivity contribution < 1.29 is 19.4 Å². The molecule has 0 spiro atoms. The van der Waals surface area contributed by atoms with Crippen LogP contribution in [0.1, 0.15) is 47.5 Å². The number of carbonyl (C=O) groups excluding carboxylic acids is 1. The minimum absolute atomic E-state index is 0.00201. The number of nitrogens with zero attached hydrogens (tertiary/aromatic N) is 1. The van der Waals surface area contributed by atoms with Crippen LogP contribution in [0, 0.1) is 5.41 Å². The molecule has 1 rings (SSSR count). The maximum atomic E-state index is 12.3. The standard InChI is InChI=1S/C14H25NO4/c1-10-8-15(9-14(4,5)19-10)11(16)6-13(2,3)7-12(17)18/h10H,6-9H2,1-5H3,(H,17,18)/t10-/m1/s1. The Morgan fingerprint density at radius 2 is 1.95 bits per heavy atom. The van der Waals surface area contributed by atoms with Crippen molar-refractivity contribution in [3.8, 4) is 0 Å². The number of carboxylic acids is 1. The fourth-order valence-electron chi connectivity index (χ4n) is 2.64. The molecule has 19 heavy (non-hydrogen) atoms. The van der Waals surface area contributed by atoms with Crippen LogP contribution in [0.4, 0.5) is 0 Å². The second kappa shape index (κ2) is 5.49. The zero-order chi connectivity index (χ0) is 14.8. The lowest BCUT2D eigenvalue weighted by molar-refractivity contribution is -0.160. The van der Waals surface area contributed by atoms with E-state index in [0.29, 0.717) is 13.1 Å². The van der Waals surface area contributed by atoms with Crippen LogP contribution >= 0.6 is 0 Å². The van der Waals surface area contributed by atoms with Gasteiger partial charge in [0.25, 0.3) is 0 Å². The third kappa shape index (κ3) is 5.19. The Morgan fingerprint density at radius 3 is 2.42 bits per heavy atom. The molecule has 1 heterocycles. The summed E-state index contributed by atoms with van der Waals surface area (Å²) >= 11 is 0. The van der Waals surface area contributed by atoms with E-state index in [2.05, 4.69) is 0 Å². The van der Waals surface area contributed by atoms with E-state index >= 15 is 0 Å². The monoisotopic (exact) mass is 271 g/mol. The molecule has 0 aromatic carbocycles. The van der Waals surface area contributed by atoms with E-state index in [4.69, 9.17) is 9.84 Å². The lowest BCUT2D eigenvalue weighted by Crippen LogP contribution is -2.54. The number of carboxylic acid groups (broad SMARTS) is 1. The highest BCUT2D eigenvalue weighted by Gasteiger charge is 2.35. The van der Waals surface area contributed by atoms with Crippen molar-refractivity contribution in [1.82, 2.24) is 4.90 Å². The first kappa shape index (κ1) is 16.0. The Kier molecular flexibility index (Phi) is 4.61. The van der Waals surface area contributed by atoms with Gasteiger partial charge in [-0.2, -0.15) is 0 Å². The minimum atomic E-state index is -0.867. The Hall–Kier alpha value is -1.10. The first-order chi connectivity index (χ1) is 8.51. The van der Waals surface area contributed by atoms with Gasteiger partial charge in [0.2, 0.25) is 5.91 Å². The summed E-state index contributed by atoms with van der Waals surface area (Å²) in [5.41, 5.74) is -0.862.